The van der Waals surface area contributed by atoms with Gasteiger partial charge in [-0.05, 0) is 41.8 Å². The summed E-state index contributed by atoms with van der Waals surface area (Å²) < 4.78 is 9.20. The Morgan fingerprint density at radius 3 is 1.24 bits per heavy atom. The highest BCUT2D eigenvalue weighted by Gasteiger charge is 2.47. The van der Waals surface area contributed by atoms with Crippen molar-refractivity contribution in [3.63, 3.8) is 0 Å². The van der Waals surface area contributed by atoms with Crippen LogP contribution in [-0.4, -0.2) is 35.4 Å². The number of cyclic esters (lactones) is 4. The lowest BCUT2D eigenvalue weighted by atomic mass is 9.64. The van der Waals surface area contributed by atoms with E-state index in [9.17, 15) is 28.8 Å². The average Bonchev–Trinajstić information content (AvgIpc) is 3.14. The molecule has 2 aromatic carbocycles. The number of benzene rings is 2. The van der Waals surface area contributed by atoms with Crippen LogP contribution in [-0.2, 0) is 9.47 Å². The Hall–Kier alpha value is -3.94. The third-order valence-electron chi connectivity index (χ3n) is 6.02. The van der Waals surface area contributed by atoms with E-state index in [1.54, 1.807) is 0 Å². The molecule has 0 saturated heterocycles. The lowest BCUT2D eigenvalue weighted by molar-refractivity contribution is 0.0425. The molecule has 2 atom stereocenters. The van der Waals surface area contributed by atoms with Gasteiger partial charge >= 0.3 is 23.9 Å². The standard InChI is InChI=1S/C21H8O8/c22-16-8-3-9(7-2-13-15(5-11(7)16)21(27)29-19(13)25)17(23)10-4-14-12(1-6(8)10)18(24)28-20(14)26/h1-2,4-5,8-9H,3H2. The fraction of sp³-hybridized carbons (Fsp3) is 0.143. The molecule has 0 spiro atoms. The quantitative estimate of drug-likeness (QED) is 0.496. The summed E-state index contributed by atoms with van der Waals surface area (Å²) in [6.45, 7) is 0. The van der Waals surface area contributed by atoms with Crippen LogP contribution in [0.2, 0.25) is 0 Å². The summed E-state index contributed by atoms with van der Waals surface area (Å²) in [5.41, 5.74) is 1.17. The van der Waals surface area contributed by atoms with Gasteiger partial charge in [-0.15, -0.1) is 0 Å². The Balaban J connectivity index is 1.59. The molecule has 2 bridgehead atoms. The molecule has 2 heterocycles. The van der Waals surface area contributed by atoms with E-state index < -0.39 is 35.7 Å². The Morgan fingerprint density at radius 1 is 0.517 bits per heavy atom. The predicted molar refractivity (Wildman–Crippen MR) is 91.1 cm³/mol. The molecule has 140 valence electrons. The second-order valence-corrected chi connectivity index (χ2v) is 7.39. The first-order chi connectivity index (χ1) is 13.8. The molecule has 2 aliphatic carbocycles. The Labute approximate surface area is 161 Å². The van der Waals surface area contributed by atoms with Crippen molar-refractivity contribution in [2.75, 3.05) is 0 Å². The molecular formula is C21H8O8. The molecule has 0 aromatic heterocycles. The molecule has 0 fully saturated rings. The topological polar surface area (TPSA) is 121 Å². The summed E-state index contributed by atoms with van der Waals surface area (Å²) in [7, 11) is 0. The Bertz CT molecular complexity index is 1200. The van der Waals surface area contributed by atoms with Crippen LogP contribution >= 0.6 is 0 Å². The second-order valence-electron chi connectivity index (χ2n) is 7.39. The molecule has 0 amide bonds. The van der Waals surface area contributed by atoms with E-state index in [1.807, 2.05) is 0 Å². The number of ketones is 2. The zero-order valence-corrected chi connectivity index (χ0v) is 14.4. The number of esters is 4. The molecule has 4 aliphatic rings. The summed E-state index contributed by atoms with van der Waals surface area (Å²) in [5.74, 6) is -5.35. The van der Waals surface area contributed by atoms with Gasteiger partial charge in [-0.2, -0.15) is 0 Å². The van der Waals surface area contributed by atoms with Gasteiger partial charge in [0.05, 0.1) is 22.3 Å². The first kappa shape index (κ1) is 16.1. The largest absolute Gasteiger partial charge is 0.386 e. The van der Waals surface area contributed by atoms with Crippen molar-refractivity contribution in [1.82, 2.24) is 0 Å². The highest BCUT2D eigenvalue weighted by Crippen LogP contribution is 2.48. The summed E-state index contributed by atoms with van der Waals surface area (Å²) in [6, 6.07) is 5.38. The van der Waals surface area contributed by atoms with Crippen LogP contribution in [0.1, 0.15) is 91.5 Å². The number of carbonyl (C=O) groups is 6. The van der Waals surface area contributed by atoms with Crippen LogP contribution in [0.3, 0.4) is 0 Å². The summed E-state index contributed by atoms with van der Waals surface area (Å²) in [5, 5.41) is 0. The van der Waals surface area contributed by atoms with Crippen LogP contribution < -0.4 is 0 Å². The van der Waals surface area contributed by atoms with Gasteiger partial charge in [0.1, 0.15) is 0 Å². The van der Waals surface area contributed by atoms with E-state index in [1.165, 1.54) is 24.3 Å². The van der Waals surface area contributed by atoms with E-state index in [0.717, 1.165) is 0 Å². The van der Waals surface area contributed by atoms with Crippen molar-refractivity contribution < 1.29 is 38.2 Å². The minimum Gasteiger partial charge on any atom is -0.386 e. The highest BCUT2D eigenvalue weighted by molar-refractivity contribution is 6.21. The fourth-order valence-electron chi connectivity index (χ4n) is 4.66. The van der Waals surface area contributed by atoms with Gasteiger partial charge in [0.25, 0.3) is 0 Å². The molecule has 0 radical (unpaired) electrons. The van der Waals surface area contributed by atoms with E-state index >= 15 is 0 Å². The van der Waals surface area contributed by atoms with Crippen LogP contribution in [0.15, 0.2) is 24.3 Å². The van der Waals surface area contributed by atoms with E-state index in [2.05, 4.69) is 9.47 Å². The maximum Gasteiger partial charge on any atom is 0.346 e. The summed E-state index contributed by atoms with van der Waals surface area (Å²) in [4.78, 5) is 73.9. The zero-order chi connectivity index (χ0) is 20.2. The maximum atomic E-state index is 13.2. The SMILES string of the molecule is O=C1OC(=O)c2cc3c(cc21)C(=O)C1CC3C(=O)c2cc3c(cc21)C(=O)OC3=O. The van der Waals surface area contributed by atoms with Crippen molar-refractivity contribution in [2.24, 2.45) is 0 Å². The first-order valence-electron chi connectivity index (χ1n) is 8.82. The first-order valence-corrected chi connectivity index (χ1v) is 8.82. The van der Waals surface area contributed by atoms with Crippen molar-refractivity contribution in [3.05, 3.63) is 68.8 Å². The molecular weight excluding hydrogens is 380 g/mol. The molecule has 8 nitrogen and oxygen atoms in total. The number of ether oxygens (including phenoxy) is 2. The molecule has 8 heteroatoms. The van der Waals surface area contributed by atoms with Gasteiger partial charge in [0, 0.05) is 23.0 Å². The van der Waals surface area contributed by atoms with Crippen LogP contribution in [0.5, 0.6) is 0 Å². The van der Waals surface area contributed by atoms with Crippen LogP contribution in [0.4, 0.5) is 0 Å². The minimum atomic E-state index is -0.831. The molecule has 2 aromatic rings. The van der Waals surface area contributed by atoms with Crippen molar-refractivity contribution >= 4 is 35.4 Å². The molecule has 0 N–H and O–H groups in total. The van der Waals surface area contributed by atoms with Gasteiger partial charge in [-0.3, -0.25) is 9.59 Å². The van der Waals surface area contributed by atoms with E-state index in [-0.39, 0.29) is 51.4 Å². The summed E-state index contributed by atoms with van der Waals surface area (Å²) in [6.07, 6.45) is 0.182. The molecule has 0 saturated carbocycles. The average molecular weight is 388 g/mol. The molecule has 6 rings (SSSR count). The van der Waals surface area contributed by atoms with Crippen molar-refractivity contribution in [2.45, 2.75) is 18.3 Å². The van der Waals surface area contributed by atoms with Gasteiger partial charge < -0.3 is 9.47 Å². The third-order valence-corrected chi connectivity index (χ3v) is 6.02. The predicted octanol–water partition coefficient (Wildman–Crippen LogP) is 1.96. The van der Waals surface area contributed by atoms with Gasteiger partial charge in [-0.1, -0.05) is 0 Å². The summed E-state index contributed by atoms with van der Waals surface area (Å²) >= 11 is 0. The maximum absolute atomic E-state index is 13.2. The lowest BCUT2D eigenvalue weighted by Crippen LogP contribution is -2.34. The number of fused-ring (bicyclic) bond motifs is 8. The van der Waals surface area contributed by atoms with E-state index in [0.29, 0.717) is 11.1 Å². The molecule has 2 unspecified atom stereocenters. The normalized spacial score (nSPS) is 23.3. The number of Topliss-reactive ketones (excluding diaryl/α,β-unsaturated/α-hetero) is 2. The number of hydrogen-bond acceptors (Lipinski definition) is 8. The fourth-order valence-corrected chi connectivity index (χ4v) is 4.66. The number of rotatable bonds is 0. The highest BCUT2D eigenvalue weighted by atomic mass is 16.6. The number of hydrogen-bond donors (Lipinski definition) is 0. The van der Waals surface area contributed by atoms with Crippen molar-refractivity contribution in [3.8, 4) is 0 Å². The Morgan fingerprint density at radius 2 is 0.862 bits per heavy atom. The lowest BCUT2D eigenvalue weighted by Gasteiger charge is -2.35. The minimum absolute atomic E-state index is 0.00197. The van der Waals surface area contributed by atoms with Crippen molar-refractivity contribution in [1.29, 1.82) is 0 Å². The van der Waals surface area contributed by atoms with E-state index in [4.69, 9.17) is 0 Å². The molecule has 29 heavy (non-hydrogen) atoms. The monoisotopic (exact) mass is 388 g/mol. The van der Waals surface area contributed by atoms with Gasteiger partial charge in [0.15, 0.2) is 11.6 Å². The zero-order valence-electron chi connectivity index (χ0n) is 14.4. The second kappa shape index (κ2) is 4.91. The number of carbonyl (C=O) groups excluding carboxylic acids is 6. The van der Waals surface area contributed by atoms with Gasteiger partial charge in [0.2, 0.25) is 0 Å². The molecule has 2 aliphatic heterocycles. The Kier molecular flexibility index (Phi) is 2.72. The smallest absolute Gasteiger partial charge is 0.346 e. The van der Waals surface area contributed by atoms with Crippen LogP contribution in [0.25, 0.3) is 0 Å². The van der Waals surface area contributed by atoms with Gasteiger partial charge in [-0.25, -0.2) is 19.2 Å². The van der Waals surface area contributed by atoms with Crippen LogP contribution in [0, 0.1) is 0 Å². The third kappa shape index (κ3) is 1.83.